The molecule has 1 aromatic carbocycles. The zero-order valence-corrected chi connectivity index (χ0v) is 8.32. The van der Waals surface area contributed by atoms with Crippen LogP contribution >= 0.6 is 0 Å². The average Bonchev–Trinajstić information content (AvgIpc) is 2.20. The van der Waals surface area contributed by atoms with E-state index >= 15 is 0 Å². The van der Waals surface area contributed by atoms with Gasteiger partial charge in [-0.2, -0.15) is 0 Å². The zero-order valence-electron chi connectivity index (χ0n) is 8.32. The Kier molecular flexibility index (Phi) is 3.34. The monoisotopic (exact) mass is 194 g/mol. The number of hydrogen-bond donors (Lipinski definition) is 2. The lowest BCUT2D eigenvalue weighted by Crippen LogP contribution is -2.13. The Bertz CT molecular complexity index is 348. The molecule has 0 aliphatic heterocycles. The van der Waals surface area contributed by atoms with Crippen LogP contribution in [0, 0.1) is 6.92 Å². The Morgan fingerprint density at radius 2 is 2.29 bits per heavy atom. The second-order valence-electron chi connectivity index (χ2n) is 2.90. The SMILES string of the molecule is CCOc1cc(/C(N)=N/O)ccc1C. The van der Waals surface area contributed by atoms with Crippen LogP contribution in [0.15, 0.2) is 23.4 Å². The minimum absolute atomic E-state index is 0.0888. The van der Waals surface area contributed by atoms with Crippen LogP contribution in [0.2, 0.25) is 0 Å². The number of nitrogens with two attached hydrogens (primary N) is 1. The van der Waals surface area contributed by atoms with E-state index in [1.54, 1.807) is 12.1 Å². The van der Waals surface area contributed by atoms with Crippen molar-refractivity contribution in [3.05, 3.63) is 29.3 Å². The molecule has 0 amide bonds. The summed E-state index contributed by atoms with van der Waals surface area (Å²) in [5, 5.41) is 11.4. The van der Waals surface area contributed by atoms with Gasteiger partial charge in [-0.25, -0.2) is 0 Å². The maximum Gasteiger partial charge on any atom is 0.170 e. The molecule has 4 nitrogen and oxygen atoms in total. The standard InChI is InChI=1S/C10H14N2O2/c1-3-14-9-6-8(10(11)12-13)5-4-7(9)2/h4-6,13H,3H2,1-2H3,(H2,11,12). The lowest BCUT2D eigenvalue weighted by molar-refractivity contribution is 0.318. The van der Waals surface area contributed by atoms with Gasteiger partial charge in [0.25, 0.3) is 0 Å². The molecule has 0 aliphatic carbocycles. The van der Waals surface area contributed by atoms with E-state index in [4.69, 9.17) is 15.7 Å². The van der Waals surface area contributed by atoms with Gasteiger partial charge in [0.05, 0.1) is 6.61 Å². The van der Waals surface area contributed by atoms with Crippen molar-refractivity contribution in [2.45, 2.75) is 13.8 Å². The fourth-order valence-corrected chi connectivity index (χ4v) is 1.13. The molecular formula is C10H14N2O2. The molecule has 3 N–H and O–H groups in total. The molecule has 0 radical (unpaired) electrons. The number of amidine groups is 1. The highest BCUT2D eigenvalue weighted by atomic mass is 16.5. The third kappa shape index (κ3) is 2.16. The van der Waals surface area contributed by atoms with Gasteiger partial charge in [-0.15, -0.1) is 0 Å². The third-order valence-electron chi connectivity index (χ3n) is 1.89. The van der Waals surface area contributed by atoms with Gasteiger partial charge in [0.1, 0.15) is 5.75 Å². The number of aryl methyl sites for hydroxylation is 1. The summed E-state index contributed by atoms with van der Waals surface area (Å²) in [4.78, 5) is 0. The quantitative estimate of drug-likeness (QED) is 0.331. The van der Waals surface area contributed by atoms with Crippen molar-refractivity contribution in [3.63, 3.8) is 0 Å². The van der Waals surface area contributed by atoms with Gasteiger partial charge in [-0.3, -0.25) is 0 Å². The highest BCUT2D eigenvalue weighted by Gasteiger charge is 2.03. The van der Waals surface area contributed by atoms with E-state index in [-0.39, 0.29) is 5.84 Å². The Hall–Kier alpha value is -1.71. The number of nitrogens with zero attached hydrogens (tertiary/aromatic N) is 1. The smallest absolute Gasteiger partial charge is 0.170 e. The molecule has 0 bridgehead atoms. The lowest BCUT2D eigenvalue weighted by atomic mass is 10.1. The molecule has 0 saturated heterocycles. The molecule has 0 aromatic heterocycles. The second kappa shape index (κ2) is 4.50. The summed E-state index contributed by atoms with van der Waals surface area (Å²) in [6.45, 7) is 4.46. The lowest BCUT2D eigenvalue weighted by Gasteiger charge is -2.08. The Morgan fingerprint density at radius 1 is 1.57 bits per heavy atom. The molecule has 0 atom stereocenters. The maximum absolute atomic E-state index is 8.50. The van der Waals surface area contributed by atoms with Crippen LogP contribution < -0.4 is 10.5 Å². The van der Waals surface area contributed by atoms with Gasteiger partial charge in [0, 0.05) is 5.56 Å². The van der Waals surface area contributed by atoms with Crippen LogP contribution in [-0.2, 0) is 0 Å². The van der Waals surface area contributed by atoms with Crippen molar-refractivity contribution in [1.29, 1.82) is 0 Å². The summed E-state index contributed by atoms with van der Waals surface area (Å²) in [5.74, 6) is 0.850. The molecule has 14 heavy (non-hydrogen) atoms. The zero-order chi connectivity index (χ0) is 10.6. The first kappa shape index (κ1) is 10.4. The summed E-state index contributed by atoms with van der Waals surface area (Å²) in [6, 6.07) is 5.42. The van der Waals surface area contributed by atoms with Gasteiger partial charge in [0.2, 0.25) is 0 Å². The van der Waals surface area contributed by atoms with Crippen LogP contribution in [-0.4, -0.2) is 17.6 Å². The van der Waals surface area contributed by atoms with Crippen LogP contribution in [0.25, 0.3) is 0 Å². The van der Waals surface area contributed by atoms with Crippen molar-refractivity contribution < 1.29 is 9.94 Å². The molecule has 0 heterocycles. The van der Waals surface area contributed by atoms with Gasteiger partial charge in [-0.1, -0.05) is 17.3 Å². The summed E-state index contributed by atoms with van der Waals surface area (Å²) in [5.41, 5.74) is 7.14. The van der Waals surface area contributed by atoms with E-state index in [0.29, 0.717) is 12.2 Å². The molecule has 0 saturated carbocycles. The van der Waals surface area contributed by atoms with Crippen molar-refractivity contribution in [2.24, 2.45) is 10.9 Å². The van der Waals surface area contributed by atoms with E-state index in [2.05, 4.69) is 5.16 Å². The second-order valence-corrected chi connectivity index (χ2v) is 2.90. The van der Waals surface area contributed by atoms with Crippen LogP contribution in [0.4, 0.5) is 0 Å². The van der Waals surface area contributed by atoms with Crippen molar-refractivity contribution in [3.8, 4) is 5.75 Å². The van der Waals surface area contributed by atoms with Crippen LogP contribution in [0.1, 0.15) is 18.1 Å². The minimum atomic E-state index is 0.0888. The molecule has 76 valence electrons. The topological polar surface area (TPSA) is 67.8 Å². The van der Waals surface area contributed by atoms with E-state index in [1.807, 2.05) is 19.9 Å². The molecular weight excluding hydrogens is 180 g/mol. The molecule has 1 aromatic rings. The molecule has 0 spiro atoms. The number of hydrogen-bond acceptors (Lipinski definition) is 3. The van der Waals surface area contributed by atoms with Crippen LogP contribution in [0.5, 0.6) is 5.75 Å². The van der Waals surface area contributed by atoms with E-state index in [1.165, 1.54) is 0 Å². The average molecular weight is 194 g/mol. The highest BCUT2D eigenvalue weighted by Crippen LogP contribution is 2.19. The molecule has 4 heteroatoms. The fraction of sp³-hybridized carbons (Fsp3) is 0.300. The highest BCUT2D eigenvalue weighted by molar-refractivity contribution is 5.97. The molecule has 0 unspecified atom stereocenters. The van der Waals surface area contributed by atoms with E-state index in [0.717, 1.165) is 11.3 Å². The predicted octanol–water partition coefficient (Wildman–Crippen LogP) is 1.49. The summed E-state index contributed by atoms with van der Waals surface area (Å²) < 4.78 is 5.38. The van der Waals surface area contributed by atoms with Gasteiger partial charge >= 0.3 is 0 Å². The minimum Gasteiger partial charge on any atom is -0.494 e. The molecule has 0 fully saturated rings. The molecule has 0 aliphatic rings. The largest absolute Gasteiger partial charge is 0.494 e. The fourth-order valence-electron chi connectivity index (χ4n) is 1.13. The summed E-state index contributed by atoms with van der Waals surface area (Å²) >= 11 is 0. The van der Waals surface area contributed by atoms with Crippen molar-refractivity contribution >= 4 is 5.84 Å². The van der Waals surface area contributed by atoms with Crippen LogP contribution in [0.3, 0.4) is 0 Å². The van der Waals surface area contributed by atoms with Crippen molar-refractivity contribution in [1.82, 2.24) is 0 Å². The van der Waals surface area contributed by atoms with E-state index < -0.39 is 0 Å². The first-order valence-electron chi connectivity index (χ1n) is 4.40. The summed E-state index contributed by atoms with van der Waals surface area (Å²) in [6.07, 6.45) is 0. The Labute approximate surface area is 83.0 Å². The first-order valence-corrected chi connectivity index (χ1v) is 4.40. The Balaban J connectivity index is 3.06. The number of rotatable bonds is 3. The van der Waals surface area contributed by atoms with E-state index in [9.17, 15) is 0 Å². The third-order valence-corrected chi connectivity index (χ3v) is 1.89. The summed E-state index contributed by atoms with van der Waals surface area (Å²) in [7, 11) is 0. The van der Waals surface area contributed by atoms with Crippen molar-refractivity contribution in [2.75, 3.05) is 6.61 Å². The molecule has 1 rings (SSSR count). The Morgan fingerprint density at radius 3 is 2.86 bits per heavy atom. The normalized spacial score (nSPS) is 11.4. The maximum atomic E-state index is 8.50. The predicted molar refractivity (Wildman–Crippen MR) is 54.9 cm³/mol. The van der Waals surface area contributed by atoms with Gasteiger partial charge < -0.3 is 15.7 Å². The number of oxime groups is 1. The number of ether oxygens (including phenoxy) is 1. The first-order chi connectivity index (χ1) is 6.69. The number of benzene rings is 1. The van der Waals surface area contributed by atoms with Gasteiger partial charge in [-0.05, 0) is 25.5 Å². The van der Waals surface area contributed by atoms with Gasteiger partial charge in [0.15, 0.2) is 5.84 Å².